The van der Waals surface area contributed by atoms with Crippen LogP contribution in [-0.4, -0.2) is 45.3 Å². The molecule has 0 radical (unpaired) electrons. The van der Waals surface area contributed by atoms with Crippen molar-refractivity contribution in [3.63, 3.8) is 0 Å². The number of piperidine rings is 1. The van der Waals surface area contributed by atoms with E-state index in [0.717, 1.165) is 17.6 Å². The van der Waals surface area contributed by atoms with Gasteiger partial charge in [-0.3, -0.25) is 0 Å². The Morgan fingerprint density at radius 1 is 0.885 bits per heavy atom. The summed E-state index contributed by atoms with van der Waals surface area (Å²) in [5.41, 5.74) is 2.75. The van der Waals surface area contributed by atoms with Crippen LogP contribution < -0.4 is 14.7 Å². The highest BCUT2D eigenvalue weighted by Gasteiger charge is 2.32. The molecule has 2 aliphatic heterocycles. The van der Waals surface area contributed by atoms with Gasteiger partial charge in [0.2, 0.25) is 0 Å². The second-order valence-electron chi connectivity index (χ2n) is 7.81. The van der Waals surface area contributed by atoms with Gasteiger partial charge in [0.25, 0.3) is 0 Å². The first-order valence-corrected chi connectivity index (χ1v) is 10.4. The number of nitrogens with zero attached hydrogens (tertiary/aromatic N) is 1. The number of nitrogens with one attached hydrogen (secondary N) is 2. The Morgan fingerprint density at radius 2 is 1.62 bits per heavy atom. The summed E-state index contributed by atoms with van der Waals surface area (Å²) < 4.78 is 0. The highest BCUT2D eigenvalue weighted by Crippen LogP contribution is 2.13. The Morgan fingerprint density at radius 3 is 2.31 bits per heavy atom. The van der Waals surface area contributed by atoms with E-state index in [1.165, 1.54) is 63.4 Å². The maximum Gasteiger partial charge on any atom is 0.103 e. The van der Waals surface area contributed by atoms with E-state index < -0.39 is 0 Å². The zero-order valence-electron chi connectivity index (χ0n) is 15.5. The predicted molar refractivity (Wildman–Crippen MR) is 108 cm³/mol. The fraction of sp³-hybridized carbons (Fsp3) is 0.455. The number of para-hydroxylation sites is 1. The van der Waals surface area contributed by atoms with Gasteiger partial charge in [-0.1, -0.05) is 41.9 Å². The first-order chi connectivity index (χ1) is 12.8. The van der Waals surface area contributed by atoms with Gasteiger partial charge in [0.1, 0.15) is 6.54 Å². The molecular weight excluding hydrogens is 342 g/mol. The Kier molecular flexibility index (Phi) is 5.78. The summed E-state index contributed by atoms with van der Waals surface area (Å²) >= 11 is 6.13. The average molecular weight is 372 g/mol. The van der Waals surface area contributed by atoms with E-state index in [9.17, 15) is 0 Å². The van der Waals surface area contributed by atoms with Crippen LogP contribution in [0.25, 0.3) is 0 Å². The number of likely N-dealkylation sites (tertiary alicyclic amines) is 1. The van der Waals surface area contributed by atoms with Crippen molar-refractivity contribution < 1.29 is 9.80 Å². The van der Waals surface area contributed by atoms with Crippen LogP contribution in [0.5, 0.6) is 0 Å². The molecule has 0 unspecified atom stereocenters. The van der Waals surface area contributed by atoms with E-state index in [1.54, 1.807) is 4.90 Å². The van der Waals surface area contributed by atoms with E-state index in [1.807, 2.05) is 11.0 Å². The van der Waals surface area contributed by atoms with Crippen molar-refractivity contribution in [2.45, 2.75) is 25.4 Å². The van der Waals surface area contributed by atoms with Crippen molar-refractivity contribution in [1.29, 1.82) is 0 Å². The van der Waals surface area contributed by atoms with Gasteiger partial charge in [-0.2, -0.15) is 0 Å². The van der Waals surface area contributed by atoms with Crippen LogP contribution in [0.4, 0.5) is 5.69 Å². The largest absolute Gasteiger partial charge is 0.360 e. The molecule has 0 aromatic heterocycles. The summed E-state index contributed by atoms with van der Waals surface area (Å²) in [6.07, 6.45) is 2.72. The first-order valence-electron chi connectivity index (χ1n) is 10.0. The molecule has 0 bridgehead atoms. The number of quaternary nitrogens is 2. The number of halogens is 1. The van der Waals surface area contributed by atoms with E-state index >= 15 is 0 Å². The molecule has 138 valence electrons. The molecule has 4 rings (SSSR count). The molecule has 2 aliphatic rings. The Labute approximate surface area is 162 Å². The maximum absolute atomic E-state index is 6.13. The molecule has 0 spiro atoms. The predicted octanol–water partition coefficient (Wildman–Crippen LogP) is 1.29. The lowest BCUT2D eigenvalue weighted by atomic mass is 10.0. The maximum atomic E-state index is 6.13. The van der Waals surface area contributed by atoms with Crippen LogP contribution in [0, 0.1) is 0 Å². The van der Waals surface area contributed by atoms with Crippen molar-refractivity contribution in [2.75, 3.05) is 44.2 Å². The van der Waals surface area contributed by atoms with Gasteiger partial charge < -0.3 is 14.7 Å². The van der Waals surface area contributed by atoms with Gasteiger partial charge >= 0.3 is 0 Å². The third-order valence-corrected chi connectivity index (χ3v) is 6.38. The highest BCUT2D eigenvalue weighted by atomic mass is 35.5. The zero-order chi connectivity index (χ0) is 17.8. The molecule has 0 amide bonds. The number of rotatable bonds is 4. The number of hydrogen-bond donors (Lipinski definition) is 2. The lowest BCUT2D eigenvalue weighted by Crippen LogP contribution is -3.21. The lowest BCUT2D eigenvalue weighted by Gasteiger charge is -2.39. The van der Waals surface area contributed by atoms with Gasteiger partial charge in [0.05, 0.1) is 45.3 Å². The second-order valence-corrected chi connectivity index (χ2v) is 8.25. The van der Waals surface area contributed by atoms with Crippen LogP contribution >= 0.6 is 11.6 Å². The van der Waals surface area contributed by atoms with Gasteiger partial charge in [-0.05, 0) is 24.3 Å². The normalized spacial score (nSPS) is 24.6. The lowest BCUT2D eigenvalue weighted by molar-refractivity contribution is -0.963. The number of benzene rings is 2. The number of piperazine rings is 1. The van der Waals surface area contributed by atoms with E-state index in [2.05, 4.69) is 53.4 Å². The molecule has 3 nitrogen and oxygen atoms in total. The molecule has 0 atom stereocenters. The minimum Gasteiger partial charge on any atom is -0.360 e. The van der Waals surface area contributed by atoms with E-state index in [-0.39, 0.29) is 0 Å². The van der Waals surface area contributed by atoms with Crippen molar-refractivity contribution in [3.05, 3.63) is 65.2 Å². The van der Waals surface area contributed by atoms with Crippen molar-refractivity contribution >= 4 is 17.3 Å². The van der Waals surface area contributed by atoms with Crippen molar-refractivity contribution in [1.82, 2.24) is 0 Å². The van der Waals surface area contributed by atoms with Gasteiger partial charge in [0.15, 0.2) is 0 Å². The summed E-state index contributed by atoms with van der Waals surface area (Å²) in [6, 6.07) is 20.1. The molecule has 2 heterocycles. The summed E-state index contributed by atoms with van der Waals surface area (Å²) in [4.78, 5) is 6.09. The molecule has 2 saturated heterocycles. The number of anilines is 1. The minimum absolute atomic E-state index is 0.857. The van der Waals surface area contributed by atoms with E-state index in [4.69, 9.17) is 11.6 Å². The zero-order valence-corrected chi connectivity index (χ0v) is 16.2. The molecule has 26 heavy (non-hydrogen) atoms. The molecule has 2 fully saturated rings. The van der Waals surface area contributed by atoms with Crippen molar-refractivity contribution in [3.8, 4) is 0 Å². The first kappa shape index (κ1) is 17.8. The van der Waals surface area contributed by atoms with Gasteiger partial charge in [-0.25, -0.2) is 0 Å². The molecule has 0 aliphatic carbocycles. The Bertz CT molecular complexity index is 690. The average Bonchev–Trinajstić information content (AvgIpc) is 2.70. The summed E-state index contributed by atoms with van der Waals surface area (Å²) in [6.45, 7) is 8.65. The fourth-order valence-electron chi connectivity index (χ4n) is 4.65. The molecule has 2 aromatic rings. The van der Waals surface area contributed by atoms with Gasteiger partial charge in [0, 0.05) is 29.1 Å². The molecule has 4 heteroatoms. The number of hydrogen-bond acceptors (Lipinski definition) is 1. The van der Waals surface area contributed by atoms with Crippen molar-refractivity contribution in [2.24, 2.45) is 0 Å². The molecule has 2 aromatic carbocycles. The smallest absolute Gasteiger partial charge is 0.103 e. The standard InChI is InChI=1S/C22H28ClN3/c23-20-6-4-5-19(17-20)18-24-11-9-22(10-12-24)26-15-13-25(14-16-26)21-7-2-1-3-8-21/h1-8,17,22H,9-16,18H2/p+2. The van der Waals surface area contributed by atoms with E-state index in [0.29, 0.717) is 0 Å². The SMILES string of the molecule is Clc1cccc(C[NH+]2CCC([NH+]3CCN(c4ccccc4)CC3)CC2)c1. The third-order valence-electron chi connectivity index (χ3n) is 6.14. The van der Waals surface area contributed by atoms with Crippen LogP contribution in [0.2, 0.25) is 5.02 Å². The molecule has 0 saturated carbocycles. The fourth-order valence-corrected chi connectivity index (χ4v) is 4.86. The third kappa shape index (κ3) is 4.40. The summed E-state index contributed by atoms with van der Waals surface area (Å²) in [5.74, 6) is 0. The Balaban J connectivity index is 1.24. The van der Waals surface area contributed by atoms with Gasteiger partial charge in [-0.15, -0.1) is 0 Å². The molecule has 2 N–H and O–H groups in total. The molecular formula is C22H30ClN3+2. The van der Waals surface area contributed by atoms with Crippen LogP contribution in [0.15, 0.2) is 54.6 Å². The Hall–Kier alpha value is -1.55. The van der Waals surface area contributed by atoms with Crippen LogP contribution in [0.1, 0.15) is 18.4 Å². The minimum atomic E-state index is 0.857. The van der Waals surface area contributed by atoms with Crippen LogP contribution in [-0.2, 0) is 6.54 Å². The van der Waals surface area contributed by atoms with Crippen LogP contribution in [0.3, 0.4) is 0 Å². The summed E-state index contributed by atoms with van der Waals surface area (Å²) in [7, 11) is 0. The monoisotopic (exact) mass is 371 g/mol. The highest BCUT2D eigenvalue weighted by molar-refractivity contribution is 6.30. The summed E-state index contributed by atoms with van der Waals surface area (Å²) in [5, 5.41) is 0.859. The quantitative estimate of drug-likeness (QED) is 0.825. The second kappa shape index (κ2) is 8.43. The topological polar surface area (TPSA) is 12.1 Å².